The van der Waals surface area contributed by atoms with Crippen LogP contribution in [0.15, 0.2) is 59.2 Å². The van der Waals surface area contributed by atoms with E-state index in [0.29, 0.717) is 16.7 Å². The first-order valence-electron chi connectivity index (χ1n) is 5.94. The highest BCUT2D eigenvalue weighted by Gasteiger charge is 2.08. The van der Waals surface area contributed by atoms with Gasteiger partial charge in [0.15, 0.2) is 5.82 Å². The fraction of sp³-hybridized carbons (Fsp3) is 0. The molecule has 2 heterocycles. The van der Waals surface area contributed by atoms with Gasteiger partial charge in [0.05, 0.1) is 5.69 Å². The summed E-state index contributed by atoms with van der Waals surface area (Å²) >= 11 is 9.45. The van der Waals surface area contributed by atoms with Crippen LogP contribution in [0, 0.1) is 0 Å². The molecule has 0 aliphatic rings. The van der Waals surface area contributed by atoms with Crippen LogP contribution in [-0.2, 0) is 0 Å². The van der Waals surface area contributed by atoms with Gasteiger partial charge in [-0.25, -0.2) is 9.97 Å². The Bertz CT molecular complexity index is 730. The van der Waals surface area contributed by atoms with E-state index in [0.717, 1.165) is 15.7 Å². The van der Waals surface area contributed by atoms with Crippen molar-refractivity contribution in [1.29, 1.82) is 0 Å². The van der Waals surface area contributed by atoms with Crippen molar-refractivity contribution in [3.8, 4) is 22.8 Å². The van der Waals surface area contributed by atoms with Gasteiger partial charge in [0.2, 0.25) is 0 Å². The summed E-state index contributed by atoms with van der Waals surface area (Å²) in [6, 6.07) is 15.3. The van der Waals surface area contributed by atoms with E-state index in [4.69, 9.17) is 11.6 Å². The van der Waals surface area contributed by atoms with E-state index >= 15 is 0 Å². The average molecular weight is 347 g/mol. The van der Waals surface area contributed by atoms with Gasteiger partial charge in [-0.2, -0.15) is 0 Å². The van der Waals surface area contributed by atoms with E-state index in [1.165, 1.54) is 0 Å². The van der Waals surface area contributed by atoms with Gasteiger partial charge in [-0.1, -0.05) is 41.9 Å². The van der Waals surface area contributed by atoms with Crippen LogP contribution in [0.25, 0.3) is 22.8 Å². The van der Waals surface area contributed by atoms with Gasteiger partial charge in [-0.15, -0.1) is 0 Å². The number of hydrogen-bond donors (Lipinski definition) is 0. The third kappa shape index (κ3) is 2.86. The molecule has 0 atom stereocenters. The van der Waals surface area contributed by atoms with Crippen molar-refractivity contribution in [2.45, 2.75) is 0 Å². The van der Waals surface area contributed by atoms with E-state index < -0.39 is 0 Å². The van der Waals surface area contributed by atoms with Crippen LogP contribution in [0.5, 0.6) is 0 Å². The fourth-order valence-corrected chi connectivity index (χ4v) is 2.22. The van der Waals surface area contributed by atoms with Crippen LogP contribution in [0.1, 0.15) is 0 Å². The molecule has 5 heteroatoms. The monoisotopic (exact) mass is 345 g/mol. The average Bonchev–Trinajstić information content (AvgIpc) is 2.48. The molecule has 3 nitrogen and oxygen atoms in total. The van der Waals surface area contributed by atoms with E-state index in [1.807, 2.05) is 42.5 Å². The smallest absolute Gasteiger partial charge is 0.180 e. The minimum atomic E-state index is 0.401. The molecule has 0 N–H and O–H groups in total. The number of benzene rings is 1. The maximum Gasteiger partial charge on any atom is 0.180 e. The molecule has 0 unspecified atom stereocenters. The maximum absolute atomic E-state index is 6.09. The lowest BCUT2D eigenvalue weighted by Gasteiger charge is -2.05. The summed E-state index contributed by atoms with van der Waals surface area (Å²) in [5.74, 6) is 0.517. The van der Waals surface area contributed by atoms with Crippen LogP contribution in [0.4, 0.5) is 0 Å². The van der Waals surface area contributed by atoms with Crippen molar-refractivity contribution in [3.63, 3.8) is 0 Å². The fourth-order valence-electron chi connectivity index (χ4n) is 1.80. The number of aromatic nitrogens is 3. The third-order valence-corrected chi connectivity index (χ3v) is 3.38. The molecule has 0 spiro atoms. The minimum Gasteiger partial charge on any atom is -0.252 e. The lowest BCUT2D eigenvalue weighted by atomic mass is 10.1. The van der Waals surface area contributed by atoms with Gasteiger partial charge in [0.1, 0.15) is 10.8 Å². The van der Waals surface area contributed by atoms with Crippen LogP contribution in [0.3, 0.4) is 0 Å². The SMILES string of the molecule is Clc1cc(-c2ccccc2)nc(-c2ccc(Br)cn2)n1. The molecule has 0 aliphatic carbocycles. The van der Waals surface area contributed by atoms with E-state index in [-0.39, 0.29) is 0 Å². The molecule has 2 aromatic heterocycles. The van der Waals surface area contributed by atoms with E-state index in [1.54, 1.807) is 12.3 Å². The molecule has 0 amide bonds. The molecule has 0 bridgehead atoms. The Labute approximate surface area is 129 Å². The summed E-state index contributed by atoms with van der Waals surface area (Å²) < 4.78 is 0.909. The summed E-state index contributed by atoms with van der Waals surface area (Å²) in [5.41, 5.74) is 2.47. The highest BCUT2D eigenvalue weighted by molar-refractivity contribution is 9.10. The molecule has 20 heavy (non-hydrogen) atoms. The van der Waals surface area contributed by atoms with Crippen molar-refractivity contribution in [1.82, 2.24) is 15.0 Å². The second-order valence-corrected chi connectivity index (χ2v) is 5.43. The van der Waals surface area contributed by atoms with Gasteiger partial charge in [0, 0.05) is 22.3 Å². The number of halogens is 2. The molecule has 0 saturated heterocycles. The number of rotatable bonds is 2. The maximum atomic E-state index is 6.09. The molecular formula is C15H9BrClN3. The van der Waals surface area contributed by atoms with Crippen LogP contribution in [0.2, 0.25) is 5.15 Å². The predicted octanol–water partition coefficient (Wildman–Crippen LogP) is 4.62. The van der Waals surface area contributed by atoms with Gasteiger partial charge in [0.25, 0.3) is 0 Å². The molecule has 0 saturated carbocycles. The molecule has 0 fully saturated rings. The Morgan fingerprint density at radius 2 is 1.70 bits per heavy atom. The summed E-state index contributed by atoms with van der Waals surface area (Å²) in [7, 11) is 0. The van der Waals surface area contributed by atoms with Crippen LogP contribution in [-0.4, -0.2) is 15.0 Å². The largest absolute Gasteiger partial charge is 0.252 e. The van der Waals surface area contributed by atoms with Crippen molar-refractivity contribution >= 4 is 27.5 Å². The lowest BCUT2D eigenvalue weighted by Crippen LogP contribution is -1.94. The Morgan fingerprint density at radius 1 is 0.900 bits per heavy atom. The summed E-state index contributed by atoms with van der Waals surface area (Å²) in [6.07, 6.45) is 1.71. The van der Waals surface area contributed by atoms with Gasteiger partial charge < -0.3 is 0 Å². The number of pyridine rings is 1. The summed E-state index contributed by atoms with van der Waals surface area (Å²) in [6.45, 7) is 0. The summed E-state index contributed by atoms with van der Waals surface area (Å²) in [4.78, 5) is 13.1. The Kier molecular flexibility index (Phi) is 3.76. The van der Waals surface area contributed by atoms with Gasteiger partial charge >= 0.3 is 0 Å². The summed E-state index contributed by atoms with van der Waals surface area (Å²) in [5, 5.41) is 0.401. The van der Waals surface area contributed by atoms with Crippen molar-refractivity contribution in [3.05, 3.63) is 64.4 Å². The van der Waals surface area contributed by atoms with Gasteiger partial charge in [-0.05, 0) is 28.1 Å². The molecule has 3 rings (SSSR count). The first-order valence-corrected chi connectivity index (χ1v) is 7.11. The Hall–Kier alpha value is -1.78. The molecule has 1 aromatic carbocycles. The standard InChI is InChI=1S/C15H9BrClN3/c16-11-6-7-12(18-9-11)15-19-13(8-14(17)20-15)10-4-2-1-3-5-10/h1-9H. The quantitative estimate of drug-likeness (QED) is 0.635. The molecular weight excluding hydrogens is 338 g/mol. The van der Waals surface area contributed by atoms with E-state index in [2.05, 4.69) is 30.9 Å². The zero-order valence-electron chi connectivity index (χ0n) is 10.3. The second-order valence-electron chi connectivity index (χ2n) is 4.13. The van der Waals surface area contributed by atoms with Crippen molar-refractivity contribution < 1.29 is 0 Å². The molecule has 98 valence electrons. The zero-order valence-corrected chi connectivity index (χ0v) is 12.6. The molecule has 0 radical (unpaired) electrons. The number of hydrogen-bond acceptors (Lipinski definition) is 3. The third-order valence-electron chi connectivity index (χ3n) is 2.72. The van der Waals surface area contributed by atoms with Crippen molar-refractivity contribution in [2.24, 2.45) is 0 Å². The van der Waals surface area contributed by atoms with Gasteiger partial charge in [-0.3, -0.25) is 4.98 Å². The van der Waals surface area contributed by atoms with E-state index in [9.17, 15) is 0 Å². The first-order chi connectivity index (χ1) is 9.72. The molecule has 0 aliphatic heterocycles. The highest BCUT2D eigenvalue weighted by atomic mass is 79.9. The number of nitrogens with zero attached hydrogens (tertiary/aromatic N) is 3. The topological polar surface area (TPSA) is 38.7 Å². The Balaban J connectivity index is 2.09. The van der Waals surface area contributed by atoms with Crippen LogP contribution >= 0.6 is 27.5 Å². The Morgan fingerprint density at radius 3 is 2.40 bits per heavy atom. The zero-order chi connectivity index (χ0) is 13.9. The van der Waals surface area contributed by atoms with Crippen LogP contribution < -0.4 is 0 Å². The normalized spacial score (nSPS) is 10.5. The highest BCUT2D eigenvalue weighted by Crippen LogP contribution is 2.23. The van der Waals surface area contributed by atoms with Crippen molar-refractivity contribution in [2.75, 3.05) is 0 Å². The minimum absolute atomic E-state index is 0.401. The second kappa shape index (κ2) is 5.69. The first kappa shape index (κ1) is 13.2. The predicted molar refractivity (Wildman–Crippen MR) is 83.4 cm³/mol. The lowest BCUT2D eigenvalue weighted by molar-refractivity contribution is 1.14. The molecule has 3 aromatic rings.